The first-order valence-electron chi connectivity index (χ1n) is 7.04. The molecule has 0 unspecified atom stereocenters. The smallest absolute Gasteiger partial charge is 0.0138 e. The van der Waals surface area contributed by atoms with E-state index in [2.05, 4.69) is 69.4 Å². The fourth-order valence-corrected chi connectivity index (χ4v) is 1.89. The van der Waals surface area contributed by atoms with Crippen LogP contribution in [0.2, 0.25) is 0 Å². The Morgan fingerprint density at radius 3 is 2.22 bits per heavy atom. The molecular formula is C17H27N. The summed E-state index contributed by atoms with van der Waals surface area (Å²) in [4.78, 5) is 0. The van der Waals surface area contributed by atoms with Gasteiger partial charge < -0.3 is 5.32 Å². The predicted molar refractivity (Wildman–Crippen MR) is 81.7 cm³/mol. The van der Waals surface area contributed by atoms with Crippen molar-refractivity contribution in [1.29, 1.82) is 0 Å². The molecule has 0 spiro atoms. The molecule has 0 bridgehead atoms. The molecule has 1 aromatic rings. The average Bonchev–Trinajstić information content (AvgIpc) is 2.30. The van der Waals surface area contributed by atoms with Crippen molar-refractivity contribution in [2.24, 2.45) is 11.8 Å². The van der Waals surface area contributed by atoms with Crippen LogP contribution in [0.15, 0.2) is 30.3 Å². The maximum atomic E-state index is 3.41. The third-order valence-electron chi connectivity index (χ3n) is 2.75. The minimum absolute atomic E-state index is 0.716. The van der Waals surface area contributed by atoms with Crippen LogP contribution in [-0.4, -0.2) is 13.1 Å². The van der Waals surface area contributed by atoms with E-state index in [1.807, 2.05) is 0 Å². The number of benzene rings is 1. The van der Waals surface area contributed by atoms with Crippen LogP contribution in [-0.2, 0) is 6.42 Å². The van der Waals surface area contributed by atoms with E-state index in [0.29, 0.717) is 5.92 Å². The van der Waals surface area contributed by atoms with Crippen LogP contribution in [0.4, 0.5) is 0 Å². The van der Waals surface area contributed by atoms with Crippen molar-refractivity contribution in [1.82, 2.24) is 5.32 Å². The molecule has 18 heavy (non-hydrogen) atoms. The Labute approximate surface area is 112 Å². The lowest BCUT2D eigenvalue weighted by atomic mass is 10.0. The second-order valence-corrected chi connectivity index (χ2v) is 5.79. The Hall–Kier alpha value is -1.08. The summed E-state index contributed by atoms with van der Waals surface area (Å²) in [7, 11) is 0. The van der Waals surface area contributed by atoms with Gasteiger partial charge in [0.1, 0.15) is 0 Å². The number of hydrogen-bond acceptors (Lipinski definition) is 1. The molecule has 1 rings (SSSR count). The van der Waals surface area contributed by atoms with E-state index in [9.17, 15) is 0 Å². The summed E-state index contributed by atoms with van der Waals surface area (Å²) in [6.45, 7) is 11.0. The second-order valence-electron chi connectivity index (χ2n) is 5.79. The van der Waals surface area contributed by atoms with Crippen molar-refractivity contribution in [2.75, 3.05) is 13.1 Å². The Balaban J connectivity index is 2.36. The number of nitrogens with one attached hydrogen (secondary N) is 1. The van der Waals surface area contributed by atoms with Crippen LogP contribution in [0.3, 0.4) is 0 Å². The van der Waals surface area contributed by atoms with Gasteiger partial charge in [0.05, 0.1) is 0 Å². The minimum atomic E-state index is 0.716. The highest BCUT2D eigenvalue weighted by molar-refractivity contribution is 5.49. The zero-order valence-corrected chi connectivity index (χ0v) is 12.2. The maximum absolute atomic E-state index is 3.41. The zero-order valence-electron chi connectivity index (χ0n) is 12.2. The quantitative estimate of drug-likeness (QED) is 0.712. The fourth-order valence-electron chi connectivity index (χ4n) is 1.89. The highest BCUT2D eigenvalue weighted by Gasteiger charge is 1.96. The predicted octanol–water partition coefficient (Wildman–Crippen LogP) is 4.14. The molecule has 100 valence electrons. The first-order valence-corrected chi connectivity index (χ1v) is 7.04. The van der Waals surface area contributed by atoms with Gasteiger partial charge in [-0.2, -0.15) is 0 Å². The van der Waals surface area contributed by atoms with Crippen molar-refractivity contribution in [3.8, 4) is 0 Å². The van der Waals surface area contributed by atoms with E-state index in [0.717, 1.165) is 19.0 Å². The summed E-state index contributed by atoms with van der Waals surface area (Å²) in [5.41, 5.74) is 2.72. The highest BCUT2D eigenvalue weighted by Crippen LogP contribution is 2.10. The number of rotatable bonds is 7. The Morgan fingerprint density at radius 1 is 1.00 bits per heavy atom. The lowest BCUT2D eigenvalue weighted by Crippen LogP contribution is -2.19. The van der Waals surface area contributed by atoms with Gasteiger partial charge in [0.25, 0.3) is 0 Å². The lowest BCUT2D eigenvalue weighted by Gasteiger charge is -2.05. The van der Waals surface area contributed by atoms with Crippen LogP contribution < -0.4 is 5.32 Å². The van der Waals surface area contributed by atoms with Crippen molar-refractivity contribution >= 4 is 6.08 Å². The molecule has 1 aromatic carbocycles. The van der Waals surface area contributed by atoms with Crippen molar-refractivity contribution in [2.45, 2.75) is 34.1 Å². The molecule has 0 heterocycles. The van der Waals surface area contributed by atoms with E-state index in [-0.39, 0.29) is 0 Å². The summed E-state index contributed by atoms with van der Waals surface area (Å²) >= 11 is 0. The van der Waals surface area contributed by atoms with Gasteiger partial charge in [-0.25, -0.2) is 0 Å². The first-order chi connectivity index (χ1) is 8.58. The fraction of sp³-hybridized carbons (Fsp3) is 0.529. The molecule has 1 heteroatoms. The molecular weight excluding hydrogens is 218 g/mol. The van der Waals surface area contributed by atoms with Gasteiger partial charge in [-0.1, -0.05) is 64.1 Å². The molecule has 0 saturated carbocycles. The zero-order chi connectivity index (χ0) is 13.4. The summed E-state index contributed by atoms with van der Waals surface area (Å²) in [5.74, 6) is 1.44. The Kier molecular flexibility index (Phi) is 6.74. The van der Waals surface area contributed by atoms with Crippen molar-refractivity contribution in [3.63, 3.8) is 0 Å². The largest absolute Gasteiger partial charge is 0.313 e. The molecule has 0 radical (unpaired) electrons. The summed E-state index contributed by atoms with van der Waals surface area (Å²) in [6, 6.07) is 8.88. The van der Waals surface area contributed by atoms with Gasteiger partial charge in [0, 0.05) is 6.54 Å². The van der Waals surface area contributed by atoms with Gasteiger partial charge in [-0.3, -0.25) is 0 Å². The normalized spacial score (nSPS) is 11.9. The standard InChI is InChI=1S/C17H27N/c1-14(2)12-17-9-7-16(8-10-17)6-5-11-18-13-15(3)4/h5-10,14-15,18H,11-13H2,1-4H3. The SMILES string of the molecule is CC(C)CNCC=Cc1ccc(CC(C)C)cc1. The van der Waals surface area contributed by atoms with E-state index in [1.165, 1.54) is 17.5 Å². The molecule has 0 saturated heterocycles. The van der Waals surface area contributed by atoms with Crippen molar-refractivity contribution in [3.05, 3.63) is 41.5 Å². The van der Waals surface area contributed by atoms with Crippen LogP contribution in [0.25, 0.3) is 6.08 Å². The molecule has 0 aliphatic heterocycles. The summed E-state index contributed by atoms with van der Waals surface area (Å²) in [6.07, 6.45) is 5.55. The molecule has 0 fully saturated rings. The third kappa shape index (κ3) is 6.61. The van der Waals surface area contributed by atoms with Gasteiger partial charge in [0.15, 0.2) is 0 Å². The van der Waals surface area contributed by atoms with E-state index >= 15 is 0 Å². The third-order valence-corrected chi connectivity index (χ3v) is 2.75. The van der Waals surface area contributed by atoms with E-state index < -0.39 is 0 Å². The molecule has 1 N–H and O–H groups in total. The molecule has 0 aliphatic carbocycles. The van der Waals surface area contributed by atoms with Crippen molar-refractivity contribution < 1.29 is 0 Å². The second kappa shape index (κ2) is 8.10. The average molecular weight is 245 g/mol. The van der Waals surface area contributed by atoms with Gasteiger partial charge in [-0.15, -0.1) is 0 Å². The maximum Gasteiger partial charge on any atom is 0.0138 e. The Bertz CT molecular complexity index is 346. The summed E-state index contributed by atoms with van der Waals surface area (Å²) in [5, 5.41) is 3.41. The Morgan fingerprint density at radius 2 is 1.67 bits per heavy atom. The van der Waals surface area contributed by atoms with Crippen LogP contribution in [0, 0.1) is 11.8 Å². The summed E-state index contributed by atoms with van der Waals surface area (Å²) < 4.78 is 0. The van der Waals surface area contributed by atoms with Crippen LogP contribution in [0.5, 0.6) is 0 Å². The van der Waals surface area contributed by atoms with Crippen LogP contribution >= 0.6 is 0 Å². The molecule has 0 aromatic heterocycles. The van der Waals surface area contributed by atoms with Gasteiger partial charge >= 0.3 is 0 Å². The first kappa shape index (κ1) is 15.0. The lowest BCUT2D eigenvalue weighted by molar-refractivity contribution is 0.577. The molecule has 0 aliphatic rings. The van der Waals surface area contributed by atoms with E-state index in [4.69, 9.17) is 0 Å². The highest BCUT2D eigenvalue weighted by atomic mass is 14.8. The van der Waals surface area contributed by atoms with E-state index in [1.54, 1.807) is 0 Å². The number of hydrogen-bond donors (Lipinski definition) is 1. The topological polar surface area (TPSA) is 12.0 Å². The molecule has 0 amide bonds. The molecule has 0 atom stereocenters. The van der Waals surface area contributed by atoms with Crippen LogP contribution in [0.1, 0.15) is 38.8 Å². The van der Waals surface area contributed by atoms with Gasteiger partial charge in [-0.05, 0) is 35.9 Å². The van der Waals surface area contributed by atoms with Gasteiger partial charge in [0.2, 0.25) is 0 Å². The minimum Gasteiger partial charge on any atom is -0.313 e. The monoisotopic (exact) mass is 245 g/mol. The molecule has 1 nitrogen and oxygen atoms in total.